The van der Waals surface area contributed by atoms with Gasteiger partial charge in [0.1, 0.15) is 11.8 Å². The Bertz CT molecular complexity index is 813. The Balaban J connectivity index is 2.07. The van der Waals surface area contributed by atoms with Gasteiger partial charge in [-0.3, -0.25) is 9.59 Å². The fraction of sp³-hybridized carbons (Fsp3) is 0.440. The van der Waals surface area contributed by atoms with Gasteiger partial charge in [-0.15, -0.1) is 0 Å². The van der Waals surface area contributed by atoms with Crippen LogP contribution in [0, 0.1) is 19.8 Å². The summed E-state index contributed by atoms with van der Waals surface area (Å²) in [6, 6.07) is 15.3. The number of benzene rings is 2. The van der Waals surface area contributed by atoms with Gasteiger partial charge in [0, 0.05) is 13.1 Å². The molecule has 2 aromatic rings. The summed E-state index contributed by atoms with van der Waals surface area (Å²) in [5, 5.41) is 2.93. The first-order valence-corrected chi connectivity index (χ1v) is 10.6. The third-order valence-electron chi connectivity index (χ3n) is 4.89. The zero-order chi connectivity index (χ0) is 22.1. The average Bonchev–Trinajstić information content (AvgIpc) is 2.70. The molecule has 1 N–H and O–H groups in total. The number of nitrogens with zero attached hydrogens (tertiary/aromatic N) is 1. The molecule has 0 aromatic heterocycles. The Kier molecular flexibility index (Phi) is 8.90. The summed E-state index contributed by atoms with van der Waals surface area (Å²) in [5.41, 5.74) is 3.29. The summed E-state index contributed by atoms with van der Waals surface area (Å²) in [7, 11) is 0. The van der Waals surface area contributed by atoms with E-state index in [1.54, 1.807) is 11.8 Å². The first kappa shape index (κ1) is 23.5. The topological polar surface area (TPSA) is 58.6 Å². The smallest absolute Gasteiger partial charge is 0.261 e. The van der Waals surface area contributed by atoms with Crippen LogP contribution in [0.3, 0.4) is 0 Å². The van der Waals surface area contributed by atoms with E-state index in [1.807, 2.05) is 70.2 Å². The maximum Gasteiger partial charge on any atom is 0.261 e. The largest absolute Gasteiger partial charge is 0.484 e. The lowest BCUT2D eigenvalue weighted by Gasteiger charge is -2.29. The van der Waals surface area contributed by atoms with Crippen molar-refractivity contribution in [2.24, 2.45) is 5.92 Å². The molecule has 2 amide bonds. The van der Waals surface area contributed by atoms with Gasteiger partial charge in [0.2, 0.25) is 5.91 Å². The fourth-order valence-corrected chi connectivity index (χ4v) is 3.27. The van der Waals surface area contributed by atoms with E-state index >= 15 is 0 Å². The maximum absolute atomic E-state index is 13.0. The number of ether oxygens (including phenoxy) is 1. The van der Waals surface area contributed by atoms with Crippen molar-refractivity contribution in [3.8, 4) is 5.75 Å². The molecule has 0 saturated heterocycles. The second kappa shape index (κ2) is 11.4. The van der Waals surface area contributed by atoms with Crippen molar-refractivity contribution in [2.75, 3.05) is 19.7 Å². The number of hydrogen-bond donors (Lipinski definition) is 1. The minimum atomic E-state index is -0.567. The molecule has 0 fully saturated rings. The van der Waals surface area contributed by atoms with Gasteiger partial charge >= 0.3 is 0 Å². The molecule has 30 heavy (non-hydrogen) atoms. The molecule has 2 rings (SSSR count). The quantitative estimate of drug-likeness (QED) is 0.646. The Morgan fingerprint density at radius 3 is 2.23 bits per heavy atom. The van der Waals surface area contributed by atoms with E-state index in [9.17, 15) is 9.59 Å². The Morgan fingerprint density at radius 2 is 1.63 bits per heavy atom. The predicted molar refractivity (Wildman–Crippen MR) is 121 cm³/mol. The van der Waals surface area contributed by atoms with E-state index in [4.69, 9.17) is 4.74 Å². The number of carbonyl (C=O) groups excluding carboxylic acids is 2. The van der Waals surface area contributed by atoms with E-state index in [0.29, 0.717) is 31.2 Å². The second-order valence-electron chi connectivity index (χ2n) is 8.25. The van der Waals surface area contributed by atoms with Crippen molar-refractivity contribution in [3.63, 3.8) is 0 Å². The van der Waals surface area contributed by atoms with Crippen LogP contribution in [0.2, 0.25) is 0 Å². The first-order chi connectivity index (χ1) is 14.3. The summed E-state index contributed by atoms with van der Waals surface area (Å²) >= 11 is 0. The molecule has 5 nitrogen and oxygen atoms in total. The molecule has 162 valence electrons. The van der Waals surface area contributed by atoms with Gasteiger partial charge in [-0.05, 0) is 61.9 Å². The molecule has 0 aliphatic rings. The third-order valence-corrected chi connectivity index (χ3v) is 4.89. The molecule has 5 heteroatoms. The SMILES string of the molecule is Cc1cc(C)cc(OCC(=O)N(CCc2ccccc2)[C@H](C)C(=O)NCC(C)C)c1. The molecule has 2 aromatic carbocycles. The number of aryl methyl sites for hydroxylation is 2. The molecule has 0 bridgehead atoms. The van der Waals surface area contributed by atoms with Crippen molar-refractivity contribution in [2.45, 2.75) is 47.1 Å². The average molecular weight is 411 g/mol. The normalized spacial score (nSPS) is 11.8. The van der Waals surface area contributed by atoms with Crippen LogP contribution in [-0.4, -0.2) is 42.5 Å². The van der Waals surface area contributed by atoms with Crippen LogP contribution >= 0.6 is 0 Å². The standard InChI is InChI=1S/C25H34N2O3/c1-18(2)16-26-25(29)21(5)27(12-11-22-9-7-6-8-10-22)24(28)17-30-23-14-19(3)13-20(4)15-23/h6-10,13-15,18,21H,11-12,16-17H2,1-5H3,(H,26,29)/t21-/m1/s1. The van der Waals surface area contributed by atoms with Crippen LogP contribution in [0.5, 0.6) is 5.75 Å². The number of rotatable bonds is 10. The highest BCUT2D eigenvalue weighted by Crippen LogP contribution is 2.16. The molecule has 0 aliphatic carbocycles. The van der Waals surface area contributed by atoms with Crippen LogP contribution < -0.4 is 10.1 Å². The first-order valence-electron chi connectivity index (χ1n) is 10.6. The summed E-state index contributed by atoms with van der Waals surface area (Å²) < 4.78 is 5.77. The monoisotopic (exact) mass is 410 g/mol. The zero-order valence-electron chi connectivity index (χ0n) is 18.8. The van der Waals surface area contributed by atoms with Crippen molar-refractivity contribution in [1.82, 2.24) is 10.2 Å². The summed E-state index contributed by atoms with van der Waals surface area (Å²) in [6.07, 6.45) is 0.679. The van der Waals surface area contributed by atoms with E-state index in [-0.39, 0.29) is 18.4 Å². The number of nitrogens with one attached hydrogen (secondary N) is 1. The molecule has 0 spiro atoms. The van der Waals surface area contributed by atoms with E-state index < -0.39 is 6.04 Å². The van der Waals surface area contributed by atoms with E-state index in [1.165, 1.54) is 0 Å². The highest BCUT2D eigenvalue weighted by atomic mass is 16.5. The van der Waals surface area contributed by atoms with Gasteiger partial charge < -0.3 is 15.0 Å². The summed E-state index contributed by atoms with van der Waals surface area (Å²) in [4.78, 5) is 27.3. The number of hydrogen-bond acceptors (Lipinski definition) is 3. The molecule has 0 heterocycles. The molecular weight excluding hydrogens is 376 g/mol. The summed E-state index contributed by atoms with van der Waals surface area (Å²) in [5.74, 6) is 0.678. The molecule has 0 unspecified atom stereocenters. The van der Waals surface area contributed by atoms with Crippen LogP contribution in [0.25, 0.3) is 0 Å². The molecular formula is C25H34N2O3. The highest BCUT2D eigenvalue weighted by Gasteiger charge is 2.26. The lowest BCUT2D eigenvalue weighted by atomic mass is 10.1. The molecule has 0 radical (unpaired) electrons. The summed E-state index contributed by atoms with van der Waals surface area (Å²) in [6.45, 7) is 10.8. The Labute approximate surface area is 180 Å². The number of amides is 2. The van der Waals surface area contributed by atoms with Gasteiger partial charge in [0.25, 0.3) is 5.91 Å². The van der Waals surface area contributed by atoms with Gasteiger partial charge in [0.15, 0.2) is 6.61 Å². The maximum atomic E-state index is 13.0. The molecule has 1 atom stereocenters. The van der Waals surface area contributed by atoms with Crippen molar-refractivity contribution < 1.29 is 14.3 Å². The lowest BCUT2D eigenvalue weighted by Crippen LogP contribution is -2.50. The van der Waals surface area contributed by atoms with Gasteiger partial charge in [0.05, 0.1) is 0 Å². The van der Waals surface area contributed by atoms with E-state index in [2.05, 4.69) is 11.4 Å². The van der Waals surface area contributed by atoms with Crippen LogP contribution in [0.15, 0.2) is 48.5 Å². The highest BCUT2D eigenvalue weighted by molar-refractivity contribution is 5.88. The van der Waals surface area contributed by atoms with Crippen molar-refractivity contribution in [1.29, 1.82) is 0 Å². The third kappa shape index (κ3) is 7.54. The minimum Gasteiger partial charge on any atom is -0.484 e. The number of carbonyl (C=O) groups is 2. The van der Waals surface area contributed by atoms with Crippen LogP contribution in [-0.2, 0) is 16.0 Å². The minimum absolute atomic E-state index is 0.0977. The Hall–Kier alpha value is -2.82. The van der Waals surface area contributed by atoms with Crippen LogP contribution in [0.4, 0.5) is 0 Å². The Morgan fingerprint density at radius 1 is 1.00 bits per heavy atom. The predicted octanol–water partition coefficient (Wildman–Crippen LogP) is 3.91. The van der Waals surface area contributed by atoms with Crippen molar-refractivity contribution >= 4 is 11.8 Å². The van der Waals surface area contributed by atoms with Gasteiger partial charge in [-0.1, -0.05) is 50.2 Å². The van der Waals surface area contributed by atoms with Gasteiger partial charge in [-0.25, -0.2) is 0 Å². The zero-order valence-corrected chi connectivity index (χ0v) is 18.8. The molecule has 0 saturated carbocycles. The van der Waals surface area contributed by atoms with Gasteiger partial charge in [-0.2, -0.15) is 0 Å². The van der Waals surface area contributed by atoms with Crippen molar-refractivity contribution in [3.05, 3.63) is 65.2 Å². The second-order valence-corrected chi connectivity index (χ2v) is 8.25. The van der Waals surface area contributed by atoms with Crippen LogP contribution in [0.1, 0.15) is 37.5 Å². The van der Waals surface area contributed by atoms with E-state index in [0.717, 1.165) is 16.7 Å². The lowest BCUT2D eigenvalue weighted by molar-refractivity contribution is -0.141. The fourth-order valence-electron chi connectivity index (χ4n) is 3.27. The molecule has 0 aliphatic heterocycles.